The molecular formula is C17H22N4O4. The molecule has 0 saturated carbocycles. The zero-order valence-electron chi connectivity index (χ0n) is 14.5. The van der Waals surface area contributed by atoms with Crippen LogP contribution in [0.3, 0.4) is 0 Å². The third-order valence-electron chi connectivity index (χ3n) is 4.26. The minimum atomic E-state index is -0.446. The average Bonchev–Trinajstić information content (AvgIpc) is 2.99. The van der Waals surface area contributed by atoms with Gasteiger partial charge in [0.25, 0.3) is 0 Å². The molecule has 2 amide bonds. The van der Waals surface area contributed by atoms with Crippen LogP contribution in [0.1, 0.15) is 5.82 Å². The highest BCUT2D eigenvalue weighted by molar-refractivity contribution is 5.81. The van der Waals surface area contributed by atoms with Gasteiger partial charge in [0.2, 0.25) is 5.91 Å². The maximum atomic E-state index is 12.7. The van der Waals surface area contributed by atoms with E-state index in [1.807, 2.05) is 28.8 Å². The zero-order valence-corrected chi connectivity index (χ0v) is 14.5. The maximum absolute atomic E-state index is 12.7. The van der Waals surface area contributed by atoms with Gasteiger partial charge in [0.1, 0.15) is 12.4 Å². The first-order valence-electron chi connectivity index (χ1n) is 8.19. The van der Waals surface area contributed by atoms with Crippen LogP contribution in [-0.2, 0) is 27.4 Å². The van der Waals surface area contributed by atoms with Crippen LogP contribution in [0.5, 0.6) is 0 Å². The summed E-state index contributed by atoms with van der Waals surface area (Å²) in [4.78, 5) is 32.2. The Morgan fingerprint density at radius 1 is 1.28 bits per heavy atom. The molecule has 134 valence electrons. The quantitative estimate of drug-likeness (QED) is 0.828. The number of ether oxygens (including phenoxy) is 2. The normalized spacial score (nSPS) is 14.6. The van der Waals surface area contributed by atoms with Crippen molar-refractivity contribution in [3.8, 4) is 0 Å². The third kappa shape index (κ3) is 3.74. The van der Waals surface area contributed by atoms with E-state index in [0.717, 1.165) is 11.0 Å². The van der Waals surface area contributed by atoms with Crippen molar-refractivity contribution in [1.29, 1.82) is 0 Å². The number of hydrogen-bond donors (Lipinski definition) is 0. The Labute approximate surface area is 145 Å². The van der Waals surface area contributed by atoms with Gasteiger partial charge < -0.3 is 23.8 Å². The van der Waals surface area contributed by atoms with Gasteiger partial charge in [0.05, 0.1) is 37.9 Å². The molecule has 0 atom stereocenters. The number of carbonyl (C=O) groups excluding carboxylic acids is 2. The molecular weight excluding hydrogens is 324 g/mol. The van der Waals surface area contributed by atoms with Crippen LogP contribution in [0.2, 0.25) is 0 Å². The molecule has 1 fully saturated rings. The Balaban J connectivity index is 1.87. The van der Waals surface area contributed by atoms with Crippen molar-refractivity contribution in [2.75, 3.05) is 40.5 Å². The molecule has 0 unspecified atom stereocenters. The van der Waals surface area contributed by atoms with Crippen LogP contribution in [0, 0.1) is 0 Å². The van der Waals surface area contributed by atoms with E-state index in [0.29, 0.717) is 32.1 Å². The van der Waals surface area contributed by atoms with Gasteiger partial charge in [-0.3, -0.25) is 4.79 Å². The SMILES string of the molecule is COC(=O)N(C)Cc1nc2ccccc2n1CC(=O)N1CCOCC1. The van der Waals surface area contributed by atoms with Crippen LogP contribution < -0.4 is 0 Å². The Morgan fingerprint density at radius 3 is 2.72 bits per heavy atom. The molecule has 1 saturated heterocycles. The number of fused-ring (bicyclic) bond motifs is 1. The number of carbonyl (C=O) groups is 2. The maximum Gasteiger partial charge on any atom is 0.409 e. The van der Waals surface area contributed by atoms with Gasteiger partial charge in [0, 0.05) is 20.1 Å². The van der Waals surface area contributed by atoms with Crippen molar-refractivity contribution >= 4 is 23.0 Å². The van der Waals surface area contributed by atoms with Gasteiger partial charge in [0.15, 0.2) is 0 Å². The fourth-order valence-corrected chi connectivity index (χ4v) is 2.90. The van der Waals surface area contributed by atoms with Crippen molar-refractivity contribution in [3.05, 3.63) is 30.1 Å². The van der Waals surface area contributed by atoms with Gasteiger partial charge in [-0.25, -0.2) is 9.78 Å². The number of nitrogens with zero attached hydrogens (tertiary/aromatic N) is 4. The third-order valence-corrected chi connectivity index (χ3v) is 4.26. The molecule has 2 heterocycles. The van der Waals surface area contributed by atoms with Gasteiger partial charge in [-0.05, 0) is 12.1 Å². The monoisotopic (exact) mass is 346 g/mol. The molecule has 8 nitrogen and oxygen atoms in total. The predicted molar refractivity (Wildman–Crippen MR) is 91.0 cm³/mol. The number of amides is 2. The van der Waals surface area contributed by atoms with E-state index in [9.17, 15) is 9.59 Å². The lowest BCUT2D eigenvalue weighted by atomic mass is 10.3. The molecule has 8 heteroatoms. The lowest BCUT2D eigenvalue weighted by molar-refractivity contribution is -0.135. The first-order chi connectivity index (χ1) is 12.1. The Bertz CT molecular complexity index is 767. The van der Waals surface area contributed by atoms with Crippen LogP contribution >= 0.6 is 0 Å². The molecule has 2 aromatic rings. The summed E-state index contributed by atoms with van der Waals surface area (Å²) >= 11 is 0. The second-order valence-electron chi connectivity index (χ2n) is 5.92. The molecule has 1 aliphatic rings. The van der Waals surface area contributed by atoms with Gasteiger partial charge in [-0.15, -0.1) is 0 Å². The van der Waals surface area contributed by atoms with E-state index >= 15 is 0 Å². The Kier molecular flexibility index (Phi) is 5.18. The standard InChI is InChI=1S/C17H22N4O4/c1-19(17(23)24-2)11-15-18-13-5-3-4-6-14(13)21(15)12-16(22)20-7-9-25-10-8-20/h3-6H,7-12H2,1-2H3. The second kappa shape index (κ2) is 7.52. The zero-order chi connectivity index (χ0) is 17.8. The smallest absolute Gasteiger partial charge is 0.409 e. The van der Waals surface area contributed by atoms with Crippen molar-refractivity contribution in [2.45, 2.75) is 13.1 Å². The van der Waals surface area contributed by atoms with E-state index in [2.05, 4.69) is 4.98 Å². The molecule has 1 aromatic carbocycles. The molecule has 3 rings (SSSR count). The predicted octanol–water partition coefficient (Wildman–Crippen LogP) is 1.09. The first-order valence-corrected chi connectivity index (χ1v) is 8.19. The number of imidazole rings is 1. The number of para-hydroxylation sites is 2. The van der Waals surface area contributed by atoms with Crippen LogP contribution in [-0.4, -0.2) is 71.8 Å². The van der Waals surface area contributed by atoms with Crippen molar-refractivity contribution < 1.29 is 19.1 Å². The minimum absolute atomic E-state index is 0.0217. The summed E-state index contributed by atoms with van der Waals surface area (Å²) in [7, 11) is 2.98. The average molecular weight is 346 g/mol. The summed E-state index contributed by atoms with van der Waals surface area (Å²) in [6.07, 6.45) is -0.446. The topological polar surface area (TPSA) is 76.9 Å². The van der Waals surface area contributed by atoms with Gasteiger partial charge >= 0.3 is 6.09 Å². The lowest BCUT2D eigenvalue weighted by Gasteiger charge is -2.27. The number of methoxy groups -OCH3 is 1. The van der Waals surface area contributed by atoms with Crippen molar-refractivity contribution in [1.82, 2.24) is 19.4 Å². The Hall–Kier alpha value is -2.61. The van der Waals surface area contributed by atoms with Crippen LogP contribution in [0.25, 0.3) is 11.0 Å². The molecule has 25 heavy (non-hydrogen) atoms. The molecule has 0 radical (unpaired) electrons. The number of morpholine rings is 1. The molecule has 1 aliphatic heterocycles. The van der Waals surface area contributed by atoms with Gasteiger partial charge in [-0.1, -0.05) is 12.1 Å². The molecule has 0 N–H and O–H groups in total. The minimum Gasteiger partial charge on any atom is -0.453 e. The van der Waals surface area contributed by atoms with Crippen LogP contribution in [0.15, 0.2) is 24.3 Å². The van der Waals surface area contributed by atoms with E-state index < -0.39 is 6.09 Å². The second-order valence-corrected chi connectivity index (χ2v) is 5.92. The highest BCUT2D eigenvalue weighted by Gasteiger charge is 2.21. The fourth-order valence-electron chi connectivity index (χ4n) is 2.90. The summed E-state index contributed by atoms with van der Waals surface area (Å²) in [5.74, 6) is 0.670. The lowest BCUT2D eigenvalue weighted by Crippen LogP contribution is -2.42. The van der Waals surface area contributed by atoms with Gasteiger partial charge in [-0.2, -0.15) is 0 Å². The fraction of sp³-hybridized carbons (Fsp3) is 0.471. The van der Waals surface area contributed by atoms with Crippen LogP contribution in [0.4, 0.5) is 4.79 Å². The highest BCUT2D eigenvalue weighted by atomic mass is 16.5. The van der Waals surface area contributed by atoms with Crippen molar-refractivity contribution in [2.24, 2.45) is 0 Å². The van der Waals surface area contributed by atoms with E-state index in [1.165, 1.54) is 12.0 Å². The molecule has 1 aromatic heterocycles. The number of rotatable bonds is 4. The summed E-state index contributed by atoms with van der Waals surface area (Å²) in [6.45, 7) is 2.77. The van der Waals surface area contributed by atoms with E-state index in [1.54, 1.807) is 11.9 Å². The first kappa shape index (κ1) is 17.2. The summed E-state index contributed by atoms with van der Waals surface area (Å²) in [5.41, 5.74) is 1.67. The van der Waals surface area contributed by atoms with E-state index in [4.69, 9.17) is 9.47 Å². The number of benzene rings is 1. The van der Waals surface area contributed by atoms with E-state index in [-0.39, 0.29) is 19.0 Å². The summed E-state index contributed by atoms with van der Waals surface area (Å²) in [6, 6.07) is 7.63. The molecule has 0 bridgehead atoms. The highest BCUT2D eigenvalue weighted by Crippen LogP contribution is 2.18. The number of hydrogen-bond acceptors (Lipinski definition) is 5. The number of aromatic nitrogens is 2. The Morgan fingerprint density at radius 2 is 2.00 bits per heavy atom. The van der Waals surface area contributed by atoms with Crippen molar-refractivity contribution in [3.63, 3.8) is 0 Å². The molecule has 0 aliphatic carbocycles. The molecule has 0 spiro atoms. The largest absolute Gasteiger partial charge is 0.453 e. The summed E-state index contributed by atoms with van der Waals surface area (Å²) < 4.78 is 11.9. The summed E-state index contributed by atoms with van der Waals surface area (Å²) in [5, 5.41) is 0.